The van der Waals surface area contributed by atoms with Crippen molar-refractivity contribution < 1.29 is 27.5 Å². The molecule has 1 aliphatic carbocycles. The van der Waals surface area contributed by atoms with Gasteiger partial charge < -0.3 is 13.9 Å². The average molecular weight is 293 g/mol. The molecule has 0 bridgehead atoms. The molecule has 108 valence electrons. The van der Waals surface area contributed by atoms with Gasteiger partial charge in [0.05, 0.1) is 0 Å². The lowest BCUT2D eigenvalue weighted by Gasteiger charge is -2.04. The average Bonchev–Trinajstić information content (AvgIpc) is 3.10. The predicted octanol–water partition coefficient (Wildman–Crippen LogP) is 3.35. The number of fused-ring (bicyclic) bond motifs is 1. The number of hydrogen-bond acceptors (Lipinski definition) is 5. The van der Waals surface area contributed by atoms with Crippen LogP contribution < -0.4 is 9.47 Å². The van der Waals surface area contributed by atoms with Gasteiger partial charge in [-0.15, -0.1) is 8.78 Å². The van der Waals surface area contributed by atoms with Gasteiger partial charge in [-0.05, 0) is 31.0 Å². The number of rotatable bonds is 3. The van der Waals surface area contributed by atoms with E-state index in [2.05, 4.69) is 14.5 Å². The number of halogens is 2. The molecule has 2 aliphatic rings. The van der Waals surface area contributed by atoms with Crippen LogP contribution in [0.2, 0.25) is 0 Å². The van der Waals surface area contributed by atoms with Crippen LogP contribution >= 0.6 is 0 Å². The van der Waals surface area contributed by atoms with Gasteiger partial charge in [-0.1, -0.05) is 0 Å². The number of hydrogen-bond donors (Lipinski definition) is 0. The Morgan fingerprint density at radius 1 is 1.24 bits per heavy atom. The lowest BCUT2D eigenvalue weighted by Crippen LogP contribution is -2.25. The van der Waals surface area contributed by atoms with Crippen molar-refractivity contribution in [1.29, 1.82) is 0 Å². The second-order valence-electron chi connectivity index (χ2n) is 4.99. The second-order valence-corrected chi connectivity index (χ2v) is 4.99. The number of carbonyl (C=O) groups is 1. The molecular weight excluding hydrogens is 284 g/mol. The minimum absolute atomic E-state index is 0.0478. The van der Waals surface area contributed by atoms with Crippen molar-refractivity contribution in [2.75, 3.05) is 0 Å². The molecule has 1 saturated carbocycles. The first-order valence-corrected chi connectivity index (χ1v) is 6.42. The molecule has 0 amide bonds. The van der Waals surface area contributed by atoms with Gasteiger partial charge in [0.15, 0.2) is 17.8 Å². The third-order valence-corrected chi connectivity index (χ3v) is 3.39. The lowest BCUT2D eigenvalue weighted by atomic mass is 10.2. The fourth-order valence-electron chi connectivity index (χ4n) is 2.27. The number of benzene rings is 1. The number of aldehydes is 1. The normalized spacial score (nSPS) is 18.8. The third kappa shape index (κ3) is 2.05. The van der Waals surface area contributed by atoms with Gasteiger partial charge in [-0.25, -0.2) is 4.98 Å². The minimum Gasteiger partial charge on any atom is -0.440 e. The molecule has 1 aromatic carbocycles. The standard InChI is InChI=1S/C14H9F2NO4/c15-14(16)20-10-4-3-8(5-11(10)21-14)13-17-9(6-18)12(19-13)7-1-2-7/h3-7H,1-2H2. The number of aromatic nitrogens is 1. The first-order valence-electron chi connectivity index (χ1n) is 6.42. The van der Waals surface area contributed by atoms with Crippen molar-refractivity contribution in [3.05, 3.63) is 29.7 Å². The molecule has 0 saturated heterocycles. The highest BCUT2D eigenvalue weighted by Gasteiger charge is 2.43. The van der Waals surface area contributed by atoms with Crippen LogP contribution in [0.3, 0.4) is 0 Å². The van der Waals surface area contributed by atoms with Gasteiger partial charge in [0, 0.05) is 11.5 Å². The van der Waals surface area contributed by atoms with Crippen molar-refractivity contribution in [3.63, 3.8) is 0 Å². The van der Waals surface area contributed by atoms with Crippen molar-refractivity contribution in [3.8, 4) is 23.0 Å². The monoisotopic (exact) mass is 293 g/mol. The molecule has 7 heteroatoms. The number of ether oxygens (including phenoxy) is 2. The van der Waals surface area contributed by atoms with Gasteiger partial charge >= 0.3 is 6.29 Å². The van der Waals surface area contributed by atoms with Crippen molar-refractivity contribution in [2.24, 2.45) is 0 Å². The van der Waals surface area contributed by atoms with Crippen LogP contribution in [0.5, 0.6) is 11.5 Å². The Kier molecular flexibility index (Phi) is 2.36. The molecular formula is C14H9F2NO4. The third-order valence-electron chi connectivity index (χ3n) is 3.39. The number of oxazole rings is 1. The highest BCUT2D eigenvalue weighted by Crippen LogP contribution is 2.45. The predicted molar refractivity (Wildman–Crippen MR) is 65.5 cm³/mol. The fraction of sp³-hybridized carbons (Fsp3) is 0.286. The number of alkyl halides is 2. The first kappa shape index (κ1) is 12.3. The molecule has 2 heterocycles. The molecule has 0 spiro atoms. The summed E-state index contributed by atoms with van der Waals surface area (Å²) in [7, 11) is 0. The Morgan fingerprint density at radius 2 is 2.00 bits per heavy atom. The van der Waals surface area contributed by atoms with Gasteiger partial charge in [-0.2, -0.15) is 0 Å². The van der Waals surface area contributed by atoms with Crippen LogP contribution in [0.25, 0.3) is 11.5 Å². The largest absolute Gasteiger partial charge is 0.586 e. The maximum absolute atomic E-state index is 13.0. The SMILES string of the molecule is O=Cc1nc(-c2ccc3c(c2)OC(F)(F)O3)oc1C1CC1. The van der Waals surface area contributed by atoms with Crippen molar-refractivity contribution in [1.82, 2.24) is 4.98 Å². The Hall–Kier alpha value is -2.44. The van der Waals surface area contributed by atoms with Gasteiger partial charge in [0.2, 0.25) is 5.89 Å². The highest BCUT2D eigenvalue weighted by molar-refractivity contribution is 5.75. The molecule has 0 unspecified atom stereocenters. The van der Waals surface area contributed by atoms with E-state index < -0.39 is 6.29 Å². The summed E-state index contributed by atoms with van der Waals surface area (Å²) in [6.07, 6.45) is -1.10. The highest BCUT2D eigenvalue weighted by atomic mass is 19.3. The summed E-state index contributed by atoms with van der Waals surface area (Å²) < 4.78 is 40.3. The maximum Gasteiger partial charge on any atom is 0.586 e. The lowest BCUT2D eigenvalue weighted by molar-refractivity contribution is -0.286. The van der Waals surface area contributed by atoms with E-state index in [1.807, 2.05) is 0 Å². The zero-order valence-corrected chi connectivity index (χ0v) is 10.6. The van der Waals surface area contributed by atoms with Crippen LogP contribution in [0, 0.1) is 0 Å². The summed E-state index contributed by atoms with van der Waals surface area (Å²) in [5.74, 6) is 0.859. The zero-order chi connectivity index (χ0) is 14.6. The molecule has 0 N–H and O–H groups in total. The Morgan fingerprint density at radius 3 is 2.71 bits per heavy atom. The molecule has 2 aromatic rings. The molecule has 0 radical (unpaired) electrons. The van der Waals surface area contributed by atoms with E-state index in [1.165, 1.54) is 18.2 Å². The van der Waals surface area contributed by atoms with E-state index in [1.54, 1.807) is 0 Å². The summed E-state index contributed by atoms with van der Waals surface area (Å²) in [4.78, 5) is 15.1. The van der Waals surface area contributed by atoms with Gasteiger partial charge in [-0.3, -0.25) is 4.79 Å². The van der Waals surface area contributed by atoms with Crippen LogP contribution in [-0.2, 0) is 0 Å². The first-order chi connectivity index (χ1) is 10.1. The summed E-state index contributed by atoms with van der Waals surface area (Å²) in [5.41, 5.74) is 0.709. The Labute approximate surface area is 117 Å². The Bertz CT molecular complexity index is 737. The van der Waals surface area contributed by atoms with Gasteiger partial charge in [0.25, 0.3) is 0 Å². The van der Waals surface area contributed by atoms with Crippen molar-refractivity contribution in [2.45, 2.75) is 25.1 Å². The Balaban J connectivity index is 1.73. The van der Waals surface area contributed by atoms with Crippen LogP contribution in [0.4, 0.5) is 8.78 Å². The maximum atomic E-state index is 13.0. The van der Waals surface area contributed by atoms with Crippen LogP contribution in [-0.4, -0.2) is 17.6 Å². The van der Waals surface area contributed by atoms with E-state index in [-0.39, 0.29) is 29.0 Å². The summed E-state index contributed by atoms with van der Waals surface area (Å²) in [6.45, 7) is 0. The van der Waals surface area contributed by atoms with Crippen LogP contribution in [0.1, 0.15) is 35.0 Å². The topological polar surface area (TPSA) is 61.6 Å². The summed E-state index contributed by atoms with van der Waals surface area (Å²) in [5, 5.41) is 0. The van der Waals surface area contributed by atoms with E-state index >= 15 is 0 Å². The number of carbonyl (C=O) groups excluding carboxylic acids is 1. The van der Waals surface area contributed by atoms with Gasteiger partial charge in [0.1, 0.15) is 11.5 Å². The van der Waals surface area contributed by atoms with E-state index in [9.17, 15) is 13.6 Å². The minimum atomic E-state index is -3.66. The number of nitrogens with zero attached hydrogens (tertiary/aromatic N) is 1. The molecule has 21 heavy (non-hydrogen) atoms. The fourth-order valence-corrected chi connectivity index (χ4v) is 2.27. The molecule has 1 fully saturated rings. The van der Waals surface area contributed by atoms with Crippen LogP contribution in [0.15, 0.2) is 22.6 Å². The second kappa shape index (κ2) is 4.03. The molecule has 0 atom stereocenters. The van der Waals surface area contributed by atoms with E-state index in [0.717, 1.165) is 12.8 Å². The molecule has 4 rings (SSSR count). The van der Waals surface area contributed by atoms with E-state index in [0.29, 0.717) is 17.6 Å². The molecule has 1 aromatic heterocycles. The zero-order valence-electron chi connectivity index (χ0n) is 10.6. The van der Waals surface area contributed by atoms with Crippen molar-refractivity contribution >= 4 is 6.29 Å². The smallest absolute Gasteiger partial charge is 0.440 e. The molecule has 5 nitrogen and oxygen atoms in total. The summed E-state index contributed by atoms with van der Waals surface area (Å²) in [6, 6.07) is 4.24. The molecule has 1 aliphatic heterocycles. The van der Waals surface area contributed by atoms with E-state index in [4.69, 9.17) is 4.42 Å². The quantitative estimate of drug-likeness (QED) is 0.812. The summed E-state index contributed by atoms with van der Waals surface area (Å²) >= 11 is 0.